The van der Waals surface area contributed by atoms with Crippen LogP contribution >= 0.6 is 15.9 Å². The maximum atomic E-state index is 10.7. The lowest BCUT2D eigenvalue weighted by atomic mass is 9.89. The lowest BCUT2D eigenvalue weighted by molar-refractivity contribution is 0.144. The van der Waals surface area contributed by atoms with Crippen LogP contribution in [0.25, 0.3) is 0 Å². The van der Waals surface area contributed by atoms with Crippen LogP contribution in [0.15, 0.2) is 53.0 Å². The highest BCUT2D eigenvalue weighted by Gasteiger charge is 2.24. The molecule has 3 N–H and O–H groups in total. The van der Waals surface area contributed by atoms with E-state index in [4.69, 9.17) is 10.5 Å². The molecule has 0 saturated heterocycles. The van der Waals surface area contributed by atoms with Crippen LogP contribution in [0.4, 0.5) is 0 Å². The molecule has 0 fully saturated rings. The van der Waals surface area contributed by atoms with Gasteiger partial charge in [-0.1, -0.05) is 52.3 Å². The van der Waals surface area contributed by atoms with E-state index < -0.39 is 6.10 Å². The first kappa shape index (κ1) is 15.0. The van der Waals surface area contributed by atoms with Gasteiger partial charge in [0, 0.05) is 22.5 Å². The van der Waals surface area contributed by atoms with Crippen LogP contribution in [0.3, 0.4) is 0 Å². The molecule has 0 heterocycles. The number of hydrogen-bond acceptors (Lipinski definition) is 3. The second-order valence-electron chi connectivity index (χ2n) is 4.58. The van der Waals surface area contributed by atoms with Gasteiger partial charge >= 0.3 is 0 Å². The largest absolute Gasteiger partial charge is 0.496 e. The van der Waals surface area contributed by atoms with Gasteiger partial charge in [0.05, 0.1) is 13.2 Å². The van der Waals surface area contributed by atoms with Crippen LogP contribution < -0.4 is 10.5 Å². The summed E-state index contributed by atoms with van der Waals surface area (Å²) in [4.78, 5) is 0. The van der Waals surface area contributed by atoms with Crippen LogP contribution in [0.2, 0.25) is 0 Å². The van der Waals surface area contributed by atoms with Gasteiger partial charge in [0.25, 0.3) is 0 Å². The Labute approximate surface area is 127 Å². The van der Waals surface area contributed by atoms with Crippen molar-refractivity contribution in [1.29, 1.82) is 0 Å². The number of nitrogens with two attached hydrogens (primary N) is 1. The van der Waals surface area contributed by atoms with Gasteiger partial charge < -0.3 is 15.6 Å². The first-order valence-corrected chi connectivity index (χ1v) is 7.23. The normalized spacial score (nSPS) is 13.8. The molecule has 0 aliphatic heterocycles. The lowest BCUT2D eigenvalue weighted by Gasteiger charge is -2.24. The zero-order valence-electron chi connectivity index (χ0n) is 11.3. The zero-order chi connectivity index (χ0) is 14.5. The molecule has 106 valence electrons. The molecule has 2 atom stereocenters. The second kappa shape index (κ2) is 6.88. The van der Waals surface area contributed by atoms with Crippen LogP contribution in [-0.2, 0) is 0 Å². The molecule has 0 aliphatic rings. The molecule has 3 nitrogen and oxygen atoms in total. The summed E-state index contributed by atoms with van der Waals surface area (Å²) in [6, 6.07) is 15.4. The molecule has 0 spiro atoms. The van der Waals surface area contributed by atoms with Gasteiger partial charge in [0.15, 0.2) is 0 Å². The van der Waals surface area contributed by atoms with Crippen molar-refractivity contribution >= 4 is 15.9 Å². The molecule has 20 heavy (non-hydrogen) atoms. The monoisotopic (exact) mass is 335 g/mol. The van der Waals surface area contributed by atoms with Crippen LogP contribution in [0.1, 0.15) is 23.1 Å². The number of halogens is 1. The molecule has 0 radical (unpaired) electrons. The van der Waals surface area contributed by atoms with Gasteiger partial charge in [-0.2, -0.15) is 0 Å². The fourth-order valence-electron chi connectivity index (χ4n) is 2.29. The molecule has 0 saturated carbocycles. The summed E-state index contributed by atoms with van der Waals surface area (Å²) in [6.07, 6.45) is -0.703. The van der Waals surface area contributed by atoms with Gasteiger partial charge in [0.1, 0.15) is 5.75 Å². The topological polar surface area (TPSA) is 55.5 Å². The molecular formula is C16H18BrNO2. The molecular weight excluding hydrogens is 318 g/mol. The van der Waals surface area contributed by atoms with Crippen LogP contribution in [0.5, 0.6) is 5.75 Å². The molecule has 0 amide bonds. The maximum absolute atomic E-state index is 10.7. The quantitative estimate of drug-likeness (QED) is 0.881. The predicted molar refractivity (Wildman–Crippen MR) is 83.9 cm³/mol. The van der Waals surface area contributed by atoms with Gasteiger partial charge in [-0.15, -0.1) is 0 Å². The van der Waals surface area contributed by atoms with E-state index in [0.29, 0.717) is 12.3 Å². The van der Waals surface area contributed by atoms with Crippen molar-refractivity contribution in [2.45, 2.75) is 12.0 Å². The third-order valence-electron chi connectivity index (χ3n) is 3.38. The summed E-state index contributed by atoms with van der Waals surface area (Å²) in [5.74, 6) is 0.493. The number of ether oxygens (including phenoxy) is 1. The predicted octanol–water partition coefficient (Wildman–Crippen LogP) is 3.23. The van der Waals surface area contributed by atoms with Gasteiger partial charge in [-0.25, -0.2) is 0 Å². The third kappa shape index (κ3) is 3.20. The van der Waals surface area contributed by atoms with Gasteiger partial charge in [-0.05, 0) is 17.7 Å². The maximum Gasteiger partial charge on any atom is 0.125 e. The lowest BCUT2D eigenvalue weighted by Crippen LogP contribution is -2.20. The average Bonchev–Trinajstić information content (AvgIpc) is 2.48. The Hall–Kier alpha value is -1.36. The standard InChI is InChI=1S/C16H18BrNO2/c1-20-15-9-12(17)7-8-13(15)16(19)14(10-18)11-5-3-2-4-6-11/h2-9,14,16,19H,10,18H2,1H3. The van der Waals surface area contributed by atoms with E-state index in [1.807, 2.05) is 48.5 Å². The Morgan fingerprint density at radius 2 is 1.90 bits per heavy atom. The second-order valence-corrected chi connectivity index (χ2v) is 5.50. The minimum Gasteiger partial charge on any atom is -0.496 e. The van der Waals surface area contributed by atoms with Gasteiger partial charge in [0.2, 0.25) is 0 Å². The van der Waals surface area contributed by atoms with Crippen molar-refractivity contribution in [3.63, 3.8) is 0 Å². The molecule has 4 heteroatoms. The fourth-order valence-corrected chi connectivity index (χ4v) is 2.63. The number of methoxy groups -OCH3 is 1. The first-order chi connectivity index (χ1) is 9.67. The minimum atomic E-state index is -0.703. The Morgan fingerprint density at radius 1 is 1.20 bits per heavy atom. The summed E-state index contributed by atoms with van der Waals surface area (Å²) >= 11 is 3.40. The van der Waals surface area contributed by atoms with Crippen molar-refractivity contribution < 1.29 is 9.84 Å². The highest BCUT2D eigenvalue weighted by molar-refractivity contribution is 9.10. The Morgan fingerprint density at radius 3 is 2.50 bits per heavy atom. The Bertz CT molecular complexity index is 560. The number of aliphatic hydroxyl groups excluding tert-OH is 1. The molecule has 0 bridgehead atoms. The van der Waals surface area contributed by atoms with Crippen molar-refractivity contribution in [3.8, 4) is 5.75 Å². The molecule has 2 rings (SSSR count). The first-order valence-electron chi connectivity index (χ1n) is 6.44. The summed E-state index contributed by atoms with van der Waals surface area (Å²) in [6.45, 7) is 0.365. The van der Waals surface area contributed by atoms with E-state index >= 15 is 0 Å². The average molecular weight is 336 g/mol. The minimum absolute atomic E-state index is 0.161. The number of benzene rings is 2. The number of aliphatic hydroxyl groups is 1. The van der Waals surface area contributed by atoms with Crippen LogP contribution in [0, 0.1) is 0 Å². The SMILES string of the molecule is COc1cc(Br)ccc1C(O)C(CN)c1ccccc1. The number of hydrogen-bond donors (Lipinski definition) is 2. The van der Waals surface area contributed by atoms with E-state index in [0.717, 1.165) is 15.6 Å². The summed E-state index contributed by atoms with van der Waals surface area (Å²) in [5.41, 5.74) is 7.62. The number of rotatable bonds is 5. The zero-order valence-corrected chi connectivity index (χ0v) is 12.9. The van der Waals surface area contributed by atoms with E-state index in [2.05, 4.69) is 15.9 Å². The molecule has 2 aromatic rings. The molecule has 2 unspecified atom stereocenters. The highest BCUT2D eigenvalue weighted by atomic mass is 79.9. The van der Waals surface area contributed by atoms with Crippen molar-refractivity contribution in [2.24, 2.45) is 5.73 Å². The third-order valence-corrected chi connectivity index (χ3v) is 3.87. The fraction of sp³-hybridized carbons (Fsp3) is 0.250. The smallest absolute Gasteiger partial charge is 0.125 e. The van der Waals surface area contributed by atoms with Crippen LogP contribution in [-0.4, -0.2) is 18.8 Å². The van der Waals surface area contributed by atoms with Crippen molar-refractivity contribution in [3.05, 3.63) is 64.1 Å². The molecule has 0 aromatic heterocycles. The van der Waals surface area contributed by atoms with Gasteiger partial charge in [-0.3, -0.25) is 0 Å². The van der Waals surface area contributed by atoms with Crippen molar-refractivity contribution in [2.75, 3.05) is 13.7 Å². The van der Waals surface area contributed by atoms with E-state index in [1.54, 1.807) is 7.11 Å². The van der Waals surface area contributed by atoms with Crippen molar-refractivity contribution in [1.82, 2.24) is 0 Å². The molecule has 2 aromatic carbocycles. The van der Waals surface area contributed by atoms with E-state index in [9.17, 15) is 5.11 Å². The Kier molecular flexibility index (Phi) is 5.17. The summed E-state index contributed by atoms with van der Waals surface area (Å²) < 4.78 is 6.26. The highest BCUT2D eigenvalue weighted by Crippen LogP contribution is 2.36. The van der Waals surface area contributed by atoms with E-state index in [-0.39, 0.29) is 5.92 Å². The summed E-state index contributed by atoms with van der Waals surface area (Å²) in [7, 11) is 1.60. The Balaban J connectivity index is 2.36. The summed E-state index contributed by atoms with van der Waals surface area (Å²) in [5, 5.41) is 10.7. The van der Waals surface area contributed by atoms with E-state index in [1.165, 1.54) is 0 Å². The molecule has 0 aliphatic carbocycles.